The normalized spacial score (nSPS) is 52.4. The van der Waals surface area contributed by atoms with Crippen LogP contribution in [0.5, 0.6) is 0 Å². The van der Waals surface area contributed by atoms with Gasteiger partial charge >= 0.3 is 5.97 Å². The quantitative estimate of drug-likeness (QED) is 0.162. The number of aliphatic hydroxyl groups is 9. The van der Waals surface area contributed by atoms with Crippen LogP contribution in [0.25, 0.3) is 0 Å². The van der Waals surface area contributed by atoms with E-state index in [4.69, 9.17) is 28.8 Å². The molecule has 0 aliphatic carbocycles. The third-order valence-electron chi connectivity index (χ3n) is 6.02. The van der Waals surface area contributed by atoms with Gasteiger partial charge in [0.15, 0.2) is 25.0 Å². The Hall–Kier alpha value is -1.09. The molecule has 0 spiro atoms. The van der Waals surface area contributed by atoms with Gasteiger partial charge in [0.2, 0.25) is 0 Å². The Morgan fingerprint density at radius 1 is 0.706 bits per heavy atom. The highest BCUT2D eigenvalue weighted by atomic mass is 16.8. The molecule has 0 radical (unpaired) electrons. The van der Waals surface area contributed by atoms with Gasteiger partial charge in [-0.3, -0.25) is 0 Å². The molecule has 16 heteroatoms. The number of hydrogen-bond acceptors (Lipinski definition) is 15. The Bertz CT molecular complexity index is 695. The van der Waals surface area contributed by atoms with Crippen LogP contribution in [-0.2, 0) is 28.5 Å². The first kappa shape index (κ1) is 27.5. The van der Waals surface area contributed by atoms with E-state index in [-0.39, 0.29) is 0 Å². The Labute approximate surface area is 192 Å². The first-order valence-corrected chi connectivity index (χ1v) is 10.4. The van der Waals surface area contributed by atoms with Gasteiger partial charge in [-0.25, -0.2) is 4.79 Å². The van der Waals surface area contributed by atoms with E-state index in [1.165, 1.54) is 6.92 Å². The van der Waals surface area contributed by atoms with Gasteiger partial charge in [-0.05, 0) is 6.92 Å². The maximum atomic E-state index is 11.1. The molecule has 3 rings (SSSR count). The van der Waals surface area contributed by atoms with Crippen LogP contribution in [0.4, 0.5) is 0 Å². The fourth-order valence-electron chi connectivity index (χ4n) is 3.95. The highest BCUT2D eigenvalue weighted by Gasteiger charge is 2.54. The van der Waals surface area contributed by atoms with Crippen LogP contribution in [0.1, 0.15) is 6.92 Å². The molecule has 0 saturated carbocycles. The molecule has 3 aliphatic rings. The highest BCUT2D eigenvalue weighted by molar-refractivity contribution is 5.73. The smallest absolute Gasteiger partial charge is 0.335 e. The van der Waals surface area contributed by atoms with Crippen molar-refractivity contribution in [1.82, 2.24) is 0 Å². The topological polar surface area (TPSA) is 266 Å². The Morgan fingerprint density at radius 2 is 1.29 bits per heavy atom. The van der Waals surface area contributed by atoms with Crippen molar-refractivity contribution in [3.8, 4) is 0 Å². The van der Waals surface area contributed by atoms with Gasteiger partial charge in [-0.1, -0.05) is 0 Å². The summed E-state index contributed by atoms with van der Waals surface area (Å²) < 4.78 is 26.3. The van der Waals surface area contributed by atoms with Crippen LogP contribution in [-0.4, -0.2) is 156 Å². The van der Waals surface area contributed by atoms with E-state index in [9.17, 15) is 50.8 Å². The number of carboxylic acids is 1. The molecule has 0 aromatic heterocycles. The van der Waals surface area contributed by atoms with Crippen molar-refractivity contribution in [2.75, 3.05) is 6.61 Å². The zero-order valence-electron chi connectivity index (χ0n) is 17.8. The van der Waals surface area contributed by atoms with Crippen molar-refractivity contribution in [3.63, 3.8) is 0 Å². The van der Waals surface area contributed by atoms with Crippen LogP contribution >= 0.6 is 0 Å². The summed E-state index contributed by atoms with van der Waals surface area (Å²) in [6.07, 6.45) is -26.4. The first-order chi connectivity index (χ1) is 15.9. The van der Waals surface area contributed by atoms with Crippen molar-refractivity contribution < 1.29 is 79.5 Å². The monoisotopic (exact) mass is 502 g/mol. The van der Waals surface area contributed by atoms with E-state index < -0.39 is 105 Å². The summed E-state index contributed by atoms with van der Waals surface area (Å²) in [5, 5.41) is 99.7. The van der Waals surface area contributed by atoms with Gasteiger partial charge in [0, 0.05) is 0 Å². The van der Waals surface area contributed by atoms with Crippen LogP contribution < -0.4 is 0 Å². The molecular formula is C18H30O16. The lowest BCUT2D eigenvalue weighted by Gasteiger charge is -2.47. The number of aliphatic carboxylic acids is 1. The molecule has 0 aromatic rings. The van der Waals surface area contributed by atoms with Crippen molar-refractivity contribution in [3.05, 3.63) is 0 Å². The second-order valence-corrected chi connectivity index (χ2v) is 8.36. The van der Waals surface area contributed by atoms with Crippen molar-refractivity contribution in [1.29, 1.82) is 0 Å². The molecule has 10 N–H and O–H groups in total. The minimum atomic E-state index is -2.10. The van der Waals surface area contributed by atoms with Gasteiger partial charge in [-0.15, -0.1) is 0 Å². The molecule has 0 bridgehead atoms. The fraction of sp³-hybridized carbons (Fsp3) is 0.944. The summed E-state index contributed by atoms with van der Waals surface area (Å²) in [5.74, 6) is -1.67. The van der Waals surface area contributed by atoms with Gasteiger partial charge < -0.3 is 74.7 Å². The number of carbonyl (C=O) groups is 1. The fourth-order valence-corrected chi connectivity index (χ4v) is 3.95. The predicted octanol–water partition coefficient (Wildman–Crippen LogP) is -6.45. The third kappa shape index (κ3) is 5.20. The van der Waals surface area contributed by atoms with Gasteiger partial charge in [0.05, 0.1) is 12.7 Å². The highest BCUT2D eigenvalue weighted by Crippen LogP contribution is 2.32. The van der Waals surface area contributed by atoms with Gasteiger partial charge in [-0.2, -0.15) is 0 Å². The summed E-state index contributed by atoms with van der Waals surface area (Å²) >= 11 is 0. The summed E-state index contributed by atoms with van der Waals surface area (Å²) in [4.78, 5) is 11.1. The molecule has 3 heterocycles. The molecule has 3 fully saturated rings. The molecule has 15 atom stereocenters. The van der Waals surface area contributed by atoms with E-state index in [2.05, 4.69) is 0 Å². The SMILES string of the molecule is C[C@@H]1O[C@@H](O[C@H]2[C@H](O[C@H]3C(O)O[C@H](C(=O)O)[C@@H](O)[C@@H]3O)O[C@H](CO)[C@H](O)[C@@H]2O)[C@H](O)[C@H](O)[C@H]1O. The maximum Gasteiger partial charge on any atom is 0.335 e. The zero-order valence-corrected chi connectivity index (χ0v) is 17.8. The van der Waals surface area contributed by atoms with Crippen molar-refractivity contribution in [2.24, 2.45) is 0 Å². The van der Waals surface area contributed by atoms with Crippen LogP contribution in [0.2, 0.25) is 0 Å². The number of hydrogen-bond donors (Lipinski definition) is 10. The minimum Gasteiger partial charge on any atom is -0.479 e. The van der Waals surface area contributed by atoms with Gasteiger partial charge in [0.1, 0.15) is 61.0 Å². The van der Waals surface area contributed by atoms with Gasteiger partial charge in [0.25, 0.3) is 0 Å². The number of aliphatic hydroxyl groups excluding tert-OH is 9. The molecule has 0 amide bonds. The molecule has 198 valence electrons. The lowest BCUT2D eigenvalue weighted by molar-refractivity contribution is -0.388. The summed E-state index contributed by atoms with van der Waals surface area (Å²) in [6.45, 7) is 0.548. The predicted molar refractivity (Wildman–Crippen MR) is 100 cm³/mol. The summed E-state index contributed by atoms with van der Waals surface area (Å²) in [5.41, 5.74) is 0. The average Bonchev–Trinajstić information content (AvgIpc) is 2.79. The van der Waals surface area contributed by atoms with E-state index in [0.29, 0.717) is 0 Å². The standard InChI is InChI=1S/C18H30O16/c1-3-5(20)7(22)11(26)17(30-3)34-14-8(23)6(21)4(2-19)31-18(14)33-13-10(25)9(24)12(15(27)28)32-16(13)29/h3-14,16-26,29H,2H2,1H3,(H,27,28)/t3-,4+,5-,6-,7+,8-,9-,10-,11+,12-,13+,14+,16?,17-,18-/m0/s1. The van der Waals surface area contributed by atoms with E-state index in [1.54, 1.807) is 0 Å². The van der Waals surface area contributed by atoms with E-state index >= 15 is 0 Å². The first-order valence-electron chi connectivity index (χ1n) is 10.4. The Morgan fingerprint density at radius 3 is 1.88 bits per heavy atom. The number of rotatable bonds is 6. The zero-order chi connectivity index (χ0) is 25.5. The van der Waals surface area contributed by atoms with Crippen LogP contribution in [0, 0.1) is 0 Å². The second kappa shape index (κ2) is 10.9. The lowest BCUT2D eigenvalue weighted by atomic mass is 9.96. The maximum absolute atomic E-state index is 11.1. The largest absolute Gasteiger partial charge is 0.479 e. The molecule has 3 saturated heterocycles. The van der Waals surface area contributed by atoms with Crippen LogP contribution in [0.3, 0.4) is 0 Å². The molecule has 3 aliphatic heterocycles. The van der Waals surface area contributed by atoms with E-state index in [1.807, 2.05) is 0 Å². The summed E-state index contributed by atoms with van der Waals surface area (Å²) in [7, 11) is 0. The third-order valence-corrected chi connectivity index (χ3v) is 6.02. The Kier molecular flexibility index (Phi) is 8.81. The summed E-state index contributed by atoms with van der Waals surface area (Å²) in [6, 6.07) is 0. The number of ether oxygens (including phenoxy) is 5. The number of carboxylic acid groups (broad SMARTS) is 1. The average molecular weight is 502 g/mol. The minimum absolute atomic E-state index is 0.814. The van der Waals surface area contributed by atoms with Crippen molar-refractivity contribution in [2.45, 2.75) is 99.0 Å². The molecule has 1 unspecified atom stereocenters. The lowest BCUT2D eigenvalue weighted by Crippen LogP contribution is -2.66. The molecule has 34 heavy (non-hydrogen) atoms. The molecule has 16 nitrogen and oxygen atoms in total. The Balaban J connectivity index is 1.82. The second-order valence-electron chi connectivity index (χ2n) is 8.36. The van der Waals surface area contributed by atoms with Crippen molar-refractivity contribution >= 4 is 5.97 Å². The molecule has 0 aromatic carbocycles. The molecular weight excluding hydrogens is 472 g/mol. The van der Waals surface area contributed by atoms with E-state index in [0.717, 1.165) is 0 Å². The van der Waals surface area contributed by atoms with Crippen LogP contribution in [0.15, 0.2) is 0 Å².